The number of hydrogen-bond acceptors (Lipinski definition) is 9. The van der Waals surface area contributed by atoms with Gasteiger partial charge in [0.25, 0.3) is 5.56 Å². The number of ketones is 1. The highest BCUT2D eigenvalue weighted by Gasteiger charge is 2.19. The van der Waals surface area contributed by atoms with Crippen LogP contribution in [0.1, 0.15) is 26.5 Å². The van der Waals surface area contributed by atoms with Gasteiger partial charge in [-0.15, -0.1) is 0 Å². The SMILES string of the molecule is COC(=O)c1ccc2c(=O)n(Cc3ccco3)c(SCC(=O)c3ccc(OC)cc3OC)nc2c1. The number of rotatable bonds is 9. The van der Waals surface area contributed by atoms with E-state index in [2.05, 4.69) is 4.98 Å². The first-order chi connectivity index (χ1) is 16.9. The Morgan fingerprint density at radius 3 is 2.57 bits per heavy atom. The first-order valence-electron chi connectivity index (χ1n) is 10.5. The van der Waals surface area contributed by atoms with Crippen LogP contribution in [-0.4, -0.2) is 48.4 Å². The van der Waals surface area contributed by atoms with E-state index in [0.717, 1.165) is 11.8 Å². The third kappa shape index (κ3) is 5.07. The zero-order valence-electron chi connectivity index (χ0n) is 19.3. The molecule has 0 aliphatic heterocycles. The fourth-order valence-electron chi connectivity index (χ4n) is 3.49. The zero-order chi connectivity index (χ0) is 24.9. The number of Topliss-reactive ketones (excluding diaryl/α,β-unsaturated/α-hetero) is 1. The minimum atomic E-state index is -0.538. The van der Waals surface area contributed by atoms with E-state index in [4.69, 9.17) is 18.6 Å². The van der Waals surface area contributed by atoms with Gasteiger partial charge in [-0.3, -0.25) is 14.2 Å². The Hall–Kier alpha value is -4.05. The first kappa shape index (κ1) is 24.1. The lowest BCUT2D eigenvalue weighted by molar-refractivity contribution is 0.0600. The summed E-state index contributed by atoms with van der Waals surface area (Å²) < 4.78 is 22.2. The van der Waals surface area contributed by atoms with Crippen LogP contribution in [0.15, 0.2) is 69.2 Å². The van der Waals surface area contributed by atoms with Crippen molar-refractivity contribution in [2.24, 2.45) is 0 Å². The number of carbonyl (C=O) groups is 2. The van der Waals surface area contributed by atoms with Crippen LogP contribution < -0.4 is 15.0 Å². The molecule has 9 nitrogen and oxygen atoms in total. The zero-order valence-corrected chi connectivity index (χ0v) is 20.1. The summed E-state index contributed by atoms with van der Waals surface area (Å²) in [6.45, 7) is 0.135. The van der Waals surface area contributed by atoms with E-state index in [1.807, 2.05) is 0 Å². The molecule has 0 N–H and O–H groups in total. The predicted octanol–water partition coefficient (Wildman–Crippen LogP) is 3.82. The van der Waals surface area contributed by atoms with Crippen LogP contribution >= 0.6 is 11.8 Å². The number of fused-ring (bicyclic) bond motifs is 1. The van der Waals surface area contributed by atoms with Crippen LogP contribution in [0.3, 0.4) is 0 Å². The van der Waals surface area contributed by atoms with Gasteiger partial charge in [0.2, 0.25) is 0 Å². The monoisotopic (exact) mass is 494 g/mol. The molecule has 0 aliphatic rings. The van der Waals surface area contributed by atoms with Gasteiger partial charge in [0.1, 0.15) is 17.3 Å². The van der Waals surface area contributed by atoms with Crippen molar-refractivity contribution in [2.45, 2.75) is 11.7 Å². The van der Waals surface area contributed by atoms with Crippen molar-refractivity contribution in [1.82, 2.24) is 9.55 Å². The minimum absolute atomic E-state index is 0.00448. The van der Waals surface area contributed by atoms with E-state index in [9.17, 15) is 14.4 Å². The molecule has 180 valence electrons. The predicted molar refractivity (Wildman–Crippen MR) is 130 cm³/mol. The number of nitrogens with zero attached hydrogens (tertiary/aromatic N) is 2. The highest BCUT2D eigenvalue weighted by atomic mass is 32.2. The van der Waals surface area contributed by atoms with Crippen LogP contribution in [-0.2, 0) is 11.3 Å². The van der Waals surface area contributed by atoms with Gasteiger partial charge in [0.15, 0.2) is 10.9 Å². The summed E-state index contributed by atoms with van der Waals surface area (Å²) in [7, 11) is 4.28. The van der Waals surface area contributed by atoms with Gasteiger partial charge in [-0.25, -0.2) is 9.78 Å². The molecule has 10 heteroatoms. The van der Waals surface area contributed by atoms with E-state index < -0.39 is 5.97 Å². The second kappa shape index (κ2) is 10.5. The Bertz CT molecular complexity index is 1440. The molecule has 4 aromatic rings. The van der Waals surface area contributed by atoms with Crippen LogP contribution in [0.25, 0.3) is 10.9 Å². The molecule has 0 unspecified atom stereocenters. The quantitative estimate of drug-likeness (QED) is 0.148. The lowest BCUT2D eigenvalue weighted by Crippen LogP contribution is -2.24. The number of thioether (sulfide) groups is 1. The molecular formula is C25H22N2O7S. The maximum atomic E-state index is 13.3. The van der Waals surface area contributed by atoms with Crippen LogP contribution in [0.4, 0.5) is 0 Å². The van der Waals surface area contributed by atoms with Gasteiger partial charge in [0, 0.05) is 6.07 Å². The van der Waals surface area contributed by atoms with Crippen molar-refractivity contribution in [2.75, 3.05) is 27.1 Å². The van der Waals surface area contributed by atoms with Crippen LogP contribution in [0, 0.1) is 0 Å². The van der Waals surface area contributed by atoms with Crippen LogP contribution in [0.5, 0.6) is 11.5 Å². The number of benzene rings is 2. The standard InChI is InChI=1S/C25H22N2O7S/c1-31-16-7-9-19(22(12-16)32-2)21(28)14-35-25-26-20-11-15(24(30)33-3)6-8-18(20)23(29)27(25)13-17-5-4-10-34-17/h4-12H,13-14H2,1-3H3. The summed E-state index contributed by atoms with van der Waals surface area (Å²) in [6, 6.07) is 13.0. The molecule has 0 amide bonds. The minimum Gasteiger partial charge on any atom is -0.497 e. The summed E-state index contributed by atoms with van der Waals surface area (Å²) >= 11 is 1.11. The smallest absolute Gasteiger partial charge is 0.337 e. The van der Waals surface area contributed by atoms with Gasteiger partial charge in [0.05, 0.1) is 61.9 Å². The van der Waals surface area contributed by atoms with Gasteiger partial charge in [-0.1, -0.05) is 11.8 Å². The van der Waals surface area contributed by atoms with E-state index in [1.165, 1.54) is 50.4 Å². The lowest BCUT2D eigenvalue weighted by Gasteiger charge is -2.13. The maximum absolute atomic E-state index is 13.3. The van der Waals surface area contributed by atoms with E-state index in [1.54, 1.807) is 30.3 Å². The fraction of sp³-hybridized carbons (Fsp3) is 0.200. The van der Waals surface area contributed by atoms with Gasteiger partial charge >= 0.3 is 5.97 Å². The largest absolute Gasteiger partial charge is 0.497 e. The summed E-state index contributed by atoms with van der Waals surface area (Å²) in [4.78, 5) is 42.9. The van der Waals surface area contributed by atoms with Gasteiger partial charge in [-0.2, -0.15) is 0 Å². The molecule has 2 aromatic heterocycles. The Kier molecular flexibility index (Phi) is 7.21. The highest BCUT2D eigenvalue weighted by Crippen LogP contribution is 2.27. The molecule has 0 fully saturated rings. The summed E-state index contributed by atoms with van der Waals surface area (Å²) in [5, 5.41) is 0.637. The number of esters is 1. The van der Waals surface area contributed by atoms with Crippen molar-refractivity contribution >= 4 is 34.4 Å². The first-order valence-corrected chi connectivity index (χ1v) is 11.5. The molecule has 0 atom stereocenters. The summed E-state index contributed by atoms with van der Waals surface area (Å²) in [5.41, 5.74) is 0.658. The summed E-state index contributed by atoms with van der Waals surface area (Å²) in [5.74, 6) is 0.758. The Balaban J connectivity index is 1.72. The van der Waals surface area contributed by atoms with E-state index in [-0.39, 0.29) is 29.2 Å². The average Bonchev–Trinajstić information content (AvgIpc) is 3.41. The normalized spacial score (nSPS) is 10.8. The van der Waals surface area contributed by atoms with E-state index in [0.29, 0.717) is 38.9 Å². The number of aromatic nitrogens is 2. The number of ether oxygens (including phenoxy) is 3. The molecule has 4 rings (SSSR count). The maximum Gasteiger partial charge on any atom is 0.337 e. The van der Waals surface area contributed by atoms with Gasteiger partial charge in [-0.05, 0) is 42.5 Å². The molecule has 35 heavy (non-hydrogen) atoms. The third-order valence-electron chi connectivity index (χ3n) is 5.28. The number of carbonyl (C=O) groups excluding carboxylic acids is 2. The van der Waals surface area contributed by atoms with Crippen molar-refractivity contribution in [3.8, 4) is 11.5 Å². The topological polar surface area (TPSA) is 110 Å². The van der Waals surface area contributed by atoms with Crippen molar-refractivity contribution in [1.29, 1.82) is 0 Å². The molecule has 0 saturated carbocycles. The Morgan fingerprint density at radius 1 is 1.06 bits per heavy atom. The average molecular weight is 495 g/mol. The fourth-order valence-corrected chi connectivity index (χ4v) is 4.37. The molecule has 0 spiro atoms. The van der Waals surface area contributed by atoms with Crippen molar-refractivity contribution < 1.29 is 28.2 Å². The summed E-state index contributed by atoms with van der Waals surface area (Å²) in [6.07, 6.45) is 1.52. The Morgan fingerprint density at radius 2 is 1.89 bits per heavy atom. The number of methoxy groups -OCH3 is 3. The molecule has 0 bridgehead atoms. The number of hydrogen-bond donors (Lipinski definition) is 0. The molecule has 0 aliphatic carbocycles. The van der Waals surface area contributed by atoms with E-state index >= 15 is 0 Å². The lowest BCUT2D eigenvalue weighted by atomic mass is 10.1. The Labute approximate surface area is 204 Å². The molecule has 0 saturated heterocycles. The molecule has 0 radical (unpaired) electrons. The molecular weight excluding hydrogens is 472 g/mol. The highest BCUT2D eigenvalue weighted by molar-refractivity contribution is 7.99. The number of furan rings is 1. The molecule has 2 aromatic carbocycles. The molecule has 2 heterocycles. The second-order valence-corrected chi connectivity index (χ2v) is 8.31. The van der Waals surface area contributed by atoms with Crippen LogP contribution in [0.2, 0.25) is 0 Å². The van der Waals surface area contributed by atoms with Crippen molar-refractivity contribution in [3.05, 3.63) is 82.0 Å². The third-order valence-corrected chi connectivity index (χ3v) is 6.25. The van der Waals surface area contributed by atoms with Crippen molar-refractivity contribution in [3.63, 3.8) is 0 Å². The second-order valence-electron chi connectivity index (χ2n) is 7.37. The van der Waals surface area contributed by atoms with Gasteiger partial charge < -0.3 is 18.6 Å².